The maximum Gasteiger partial charge on any atom is 0.143 e. The third kappa shape index (κ3) is 2.95. The first kappa shape index (κ1) is 13.8. The Labute approximate surface area is 127 Å². The largest absolute Gasteiger partial charge is 0.378 e. The van der Waals surface area contributed by atoms with E-state index in [1.165, 1.54) is 15.3 Å². The molecule has 2 heterocycles. The van der Waals surface area contributed by atoms with E-state index in [-0.39, 0.29) is 6.04 Å². The number of tetrazole rings is 1. The molecule has 1 unspecified atom stereocenters. The summed E-state index contributed by atoms with van der Waals surface area (Å²) in [5, 5.41) is 14.8. The lowest BCUT2D eigenvalue weighted by Crippen LogP contribution is -2.07. The summed E-state index contributed by atoms with van der Waals surface area (Å²) in [6.45, 7) is 6.49. The number of hydrogen-bond acceptors (Lipinski definition) is 5. The zero-order valence-electron chi connectivity index (χ0n) is 12.2. The molecule has 1 atom stereocenters. The zero-order chi connectivity index (χ0) is 14.8. The van der Waals surface area contributed by atoms with E-state index < -0.39 is 0 Å². The Morgan fingerprint density at radius 1 is 1.24 bits per heavy atom. The molecular formula is C15H17N5S. The number of aryl methyl sites for hydroxylation is 2. The minimum absolute atomic E-state index is 0.263. The van der Waals surface area contributed by atoms with E-state index in [1.54, 1.807) is 11.0 Å². The minimum atomic E-state index is 0.263. The molecular weight excluding hydrogens is 282 g/mol. The first-order valence-electron chi connectivity index (χ1n) is 6.80. The molecule has 0 fully saturated rings. The van der Waals surface area contributed by atoms with E-state index >= 15 is 0 Å². The Hall–Kier alpha value is -2.21. The van der Waals surface area contributed by atoms with Gasteiger partial charge in [0, 0.05) is 21.5 Å². The molecule has 1 N–H and O–H groups in total. The molecule has 1 aromatic carbocycles. The topological polar surface area (TPSA) is 55.6 Å². The van der Waals surface area contributed by atoms with E-state index in [2.05, 4.69) is 53.7 Å². The molecule has 0 amide bonds. The highest BCUT2D eigenvalue weighted by molar-refractivity contribution is 7.12. The molecule has 5 nitrogen and oxygen atoms in total. The maximum atomic E-state index is 3.91. The predicted octanol–water partition coefficient (Wildman–Crippen LogP) is 3.51. The molecule has 0 aliphatic rings. The van der Waals surface area contributed by atoms with Gasteiger partial charge in [-0.3, -0.25) is 0 Å². The Morgan fingerprint density at radius 3 is 2.76 bits per heavy atom. The predicted molar refractivity (Wildman–Crippen MR) is 85.0 cm³/mol. The van der Waals surface area contributed by atoms with Gasteiger partial charge in [-0.15, -0.1) is 16.4 Å². The molecule has 21 heavy (non-hydrogen) atoms. The maximum absolute atomic E-state index is 3.91. The molecule has 0 saturated carbocycles. The van der Waals surface area contributed by atoms with Crippen molar-refractivity contribution >= 4 is 17.0 Å². The van der Waals surface area contributed by atoms with Crippen molar-refractivity contribution in [1.82, 2.24) is 20.2 Å². The van der Waals surface area contributed by atoms with Crippen molar-refractivity contribution in [2.45, 2.75) is 26.8 Å². The summed E-state index contributed by atoms with van der Waals surface area (Å²) < 4.78 is 1.65. The Morgan fingerprint density at radius 2 is 2.10 bits per heavy atom. The van der Waals surface area contributed by atoms with Crippen LogP contribution in [0.4, 0.5) is 5.69 Å². The Bertz CT molecular complexity index is 732. The first-order valence-corrected chi connectivity index (χ1v) is 7.62. The lowest BCUT2D eigenvalue weighted by Gasteiger charge is -2.16. The van der Waals surface area contributed by atoms with Crippen LogP contribution in [0.15, 0.2) is 36.7 Å². The summed E-state index contributed by atoms with van der Waals surface area (Å²) in [6, 6.07) is 10.6. The molecule has 0 aliphatic carbocycles. The van der Waals surface area contributed by atoms with Gasteiger partial charge >= 0.3 is 0 Å². The average Bonchev–Trinajstić information content (AvgIpc) is 3.08. The third-order valence-corrected chi connectivity index (χ3v) is 4.37. The number of anilines is 1. The van der Waals surface area contributed by atoms with Gasteiger partial charge in [0.25, 0.3) is 0 Å². The van der Waals surface area contributed by atoms with Crippen molar-refractivity contribution in [2.75, 3.05) is 5.32 Å². The molecule has 0 aliphatic heterocycles. The fourth-order valence-electron chi connectivity index (χ4n) is 2.43. The van der Waals surface area contributed by atoms with Crippen LogP contribution in [-0.4, -0.2) is 20.2 Å². The summed E-state index contributed by atoms with van der Waals surface area (Å²) in [4.78, 5) is 2.71. The van der Waals surface area contributed by atoms with Crippen LogP contribution < -0.4 is 5.32 Å². The van der Waals surface area contributed by atoms with Crippen molar-refractivity contribution < 1.29 is 0 Å². The second kappa shape index (κ2) is 5.65. The highest BCUT2D eigenvalue weighted by Crippen LogP contribution is 2.28. The van der Waals surface area contributed by atoms with Gasteiger partial charge in [-0.05, 0) is 61.0 Å². The molecule has 0 spiro atoms. The van der Waals surface area contributed by atoms with Gasteiger partial charge in [0.15, 0.2) is 0 Å². The highest BCUT2D eigenvalue weighted by atomic mass is 32.1. The van der Waals surface area contributed by atoms with Gasteiger partial charge in [0.1, 0.15) is 6.33 Å². The van der Waals surface area contributed by atoms with Gasteiger partial charge in [0.2, 0.25) is 0 Å². The summed E-state index contributed by atoms with van der Waals surface area (Å²) in [6.07, 6.45) is 1.59. The van der Waals surface area contributed by atoms with Crippen LogP contribution in [0.3, 0.4) is 0 Å². The van der Waals surface area contributed by atoms with E-state index in [4.69, 9.17) is 0 Å². The molecule has 108 valence electrons. The lowest BCUT2D eigenvalue weighted by molar-refractivity contribution is 0.788. The van der Waals surface area contributed by atoms with E-state index in [9.17, 15) is 0 Å². The van der Waals surface area contributed by atoms with E-state index in [0.717, 1.165) is 11.4 Å². The van der Waals surface area contributed by atoms with Gasteiger partial charge in [-0.25, -0.2) is 4.68 Å². The Kier molecular flexibility index (Phi) is 3.70. The van der Waals surface area contributed by atoms with Crippen molar-refractivity contribution in [1.29, 1.82) is 0 Å². The normalized spacial score (nSPS) is 12.3. The average molecular weight is 299 g/mol. The first-order chi connectivity index (χ1) is 10.1. The number of nitrogens with one attached hydrogen (secondary N) is 1. The fourth-order valence-corrected chi connectivity index (χ4v) is 3.45. The van der Waals surface area contributed by atoms with E-state index in [0.29, 0.717) is 0 Å². The van der Waals surface area contributed by atoms with Gasteiger partial charge in [-0.1, -0.05) is 6.07 Å². The number of aromatic nitrogens is 4. The minimum Gasteiger partial charge on any atom is -0.378 e. The standard InChI is InChI=1S/C15H17N5S/c1-10-7-15(12(3)21-10)11(2)17-13-5-4-6-14(8-13)20-9-16-18-19-20/h4-9,11,17H,1-3H3. The van der Waals surface area contributed by atoms with Crippen LogP contribution in [0.5, 0.6) is 0 Å². The summed E-state index contributed by atoms with van der Waals surface area (Å²) >= 11 is 1.84. The number of rotatable bonds is 4. The van der Waals surface area contributed by atoms with Gasteiger partial charge < -0.3 is 5.32 Å². The van der Waals surface area contributed by atoms with Crippen molar-refractivity contribution in [3.8, 4) is 5.69 Å². The molecule has 0 radical (unpaired) electrons. The molecule has 3 aromatic rings. The second-order valence-electron chi connectivity index (χ2n) is 5.04. The van der Waals surface area contributed by atoms with Crippen molar-refractivity contribution in [3.05, 3.63) is 52.0 Å². The van der Waals surface area contributed by atoms with Crippen LogP contribution in [-0.2, 0) is 0 Å². The third-order valence-electron chi connectivity index (χ3n) is 3.39. The smallest absolute Gasteiger partial charge is 0.143 e. The molecule has 3 rings (SSSR count). The monoisotopic (exact) mass is 299 g/mol. The van der Waals surface area contributed by atoms with Crippen LogP contribution in [0.2, 0.25) is 0 Å². The van der Waals surface area contributed by atoms with Gasteiger partial charge in [-0.2, -0.15) is 0 Å². The highest BCUT2D eigenvalue weighted by Gasteiger charge is 2.11. The quantitative estimate of drug-likeness (QED) is 0.801. The lowest BCUT2D eigenvalue weighted by atomic mass is 10.1. The number of nitrogens with zero attached hydrogens (tertiary/aromatic N) is 4. The molecule has 0 saturated heterocycles. The SMILES string of the molecule is Cc1cc(C(C)Nc2cccc(-n3cnnn3)c2)c(C)s1. The summed E-state index contributed by atoms with van der Waals surface area (Å²) in [5.74, 6) is 0. The number of benzene rings is 1. The van der Waals surface area contributed by atoms with Gasteiger partial charge in [0.05, 0.1) is 5.69 Å². The number of hydrogen-bond donors (Lipinski definition) is 1. The van der Waals surface area contributed by atoms with Crippen molar-refractivity contribution in [2.24, 2.45) is 0 Å². The summed E-state index contributed by atoms with van der Waals surface area (Å²) in [5.41, 5.74) is 3.35. The zero-order valence-corrected chi connectivity index (χ0v) is 13.1. The van der Waals surface area contributed by atoms with Crippen LogP contribution in [0, 0.1) is 13.8 Å². The van der Waals surface area contributed by atoms with Crippen molar-refractivity contribution in [3.63, 3.8) is 0 Å². The molecule has 2 aromatic heterocycles. The van der Waals surface area contributed by atoms with E-state index in [1.807, 2.05) is 29.5 Å². The molecule has 6 heteroatoms. The van der Waals surface area contributed by atoms with Crippen LogP contribution in [0.25, 0.3) is 5.69 Å². The summed E-state index contributed by atoms with van der Waals surface area (Å²) in [7, 11) is 0. The fraction of sp³-hybridized carbons (Fsp3) is 0.267. The molecule has 0 bridgehead atoms. The Balaban J connectivity index is 1.82. The van der Waals surface area contributed by atoms with Crippen LogP contribution >= 0.6 is 11.3 Å². The second-order valence-corrected chi connectivity index (χ2v) is 6.50. The number of thiophene rings is 1. The van der Waals surface area contributed by atoms with Crippen LogP contribution in [0.1, 0.15) is 28.3 Å².